The lowest BCUT2D eigenvalue weighted by molar-refractivity contribution is 0.242. The van der Waals surface area contributed by atoms with Crippen LogP contribution in [0, 0.1) is 0 Å². The first-order chi connectivity index (χ1) is 3.81. The molecule has 0 aromatic heterocycles. The Bertz CT molecular complexity index is 69.4. The highest BCUT2D eigenvalue weighted by atomic mass is 79.9. The van der Waals surface area contributed by atoms with Crippen LogP contribution in [0.2, 0.25) is 0 Å². The van der Waals surface area contributed by atoms with E-state index in [9.17, 15) is 4.79 Å². The molecule has 0 aromatic rings. The van der Waals surface area contributed by atoms with Gasteiger partial charge in [0.2, 0.25) is 0 Å². The van der Waals surface area contributed by atoms with Crippen molar-refractivity contribution in [1.29, 1.82) is 0 Å². The molecule has 0 unspecified atom stereocenters. The fraction of sp³-hybridized carbons (Fsp3) is 0.800. The predicted molar refractivity (Wildman–Crippen MR) is 43.1 cm³/mol. The van der Waals surface area contributed by atoms with Gasteiger partial charge in [0.05, 0.1) is 0 Å². The van der Waals surface area contributed by atoms with Gasteiger partial charge in [-0.15, -0.1) is 17.0 Å². The highest BCUT2D eigenvalue weighted by Crippen LogP contribution is 1.60. The van der Waals surface area contributed by atoms with Gasteiger partial charge in [0.25, 0.3) is 0 Å². The van der Waals surface area contributed by atoms with Crippen molar-refractivity contribution >= 4 is 23.0 Å². The van der Waals surface area contributed by atoms with E-state index in [0.717, 1.165) is 0 Å². The van der Waals surface area contributed by atoms with Crippen LogP contribution in [0.4, 0.5) is 4.79 Å². The van der Waals surface area contributed by atoms with E-state index in [-0.39, 0.29) is 23.0 Å². The molecule has 9 heavy (non-hydrogen) atoms. The van der Waals surface area contributed by atoms with Crippen molar-refractivity contribution in [1.82, 2.24) is 10.6 Å². The molecule has 3 nitrogen and oxygen atoms in total. The highest BCUT2D eigenvalue weighted by molar-refractivity contribution is 8.93. The fourth-order valence-corrected chi connectivity index (χ4v) is 0.384. The zero-order valence-electron chi connectivity index (χ0n) is 5.73. The molecule has 0 aliphatic carbocycles. The zero-order chi connectivity index (χ0) is 6.41. The minimum atomic E-state index is -0.0880. The van der Waals surface area contributed by atoms with E-state index >= 15 is 0 Å². The summed E-state index contributed by atoms with van der Waals surface area (Å²) in [5, 5.41) is 5.19. The van der Waals surface area contributed by atoms with E-state index in [1.165, 1.54) is 0 Å². The fourth-order valence-electron chi connectivity index (χ4n) is 0.384. The average molecular weight is 197 g/mol. The van der Waals surface area contributed by atoms with Crippen LogP contribution in [-0.4, -0.2) is 19.1 Å². The average Bonchev–Trinajstić information content (AvgIpc) is 1.68. The molecule has 0 bridgehead atoms. The number of carbonyl (C=O) groups excluding carboxylic acids is 1. The first kappa shape index (κ1) is 11.5. The Labute approximate surface area is 66.0 Å². The third-order valence-electron chi connectivity index (χ3n) is 0.675. The topological polar surface area (TPSA) is 41.1 Å². The van der Waals surface area contributed by atoms with Gasteiger partial charge in [-0.1, -0.05) is 0 Å². The number of urea groups is 1. The molecule has 0 rings (SSSR count). The van der Waals surface area contributed by atoms with Gasteiger partial charge in [0.1, 0.15) is 0 Å². The Kier molecular flexibility index (Phi) is 9.93. The van der Waals surface area contributed by atoms with E-state index < -0.39 is 0 Å². The third kappa shape index (κ3) is 7.75. The molecule has 2 amide bonds. The number of rotatable bonds is 2. The van der Waals surface area contributed by atoms with Crippen LogP contribution in [-0.2, 0) is 0 Å². The largest absolute Gasteiger partial charge is 0.338 e. The van der Waals surface area contributed by atoms with Crippen molar-refractivity contribution in [2.24, 2.45) is 0 Å². The van der Waals surface area contributed by atoms with Gasteiger partial charge in [0.15, 0.2) is 0 Å². The lowest BCUT2D eigenvalue weighted by Gasteiger charge is -1.99. The third-order valence-corrected chi connectivity index (χ3v) is 0.675. The SMILES string of the molecule is Br.CCNC(=O)NCC. The summed E-state index contributed by atoms with van der Waals surface area (Å²) in [4.78, 5) is 10.4. The first-order valence-electron chi connectivity index (χ1n) is 2.83. The second kappa shape index (κ2) is 7.75. The highest BCUT2D eigenvalue weighted by Gasteiger charge is 1.89. The molecule has 0 spiro atoms. The normalized spacial score (nSPS) is 7.33. The molecule has 56 valence electrons. The molecular formula is C5H13BrN2O. The molecule has 0 atom stereocenters. The van der Waals surface area contributed by atoms with Crippen LogP contribution >= 0.6 is 17.0 Å². The summed E-state index contributed by atoms with van der Waals surface area (Å²) in [6, 6.07) is -0.0880. The summed E-state index contributed by atoms with van der Waals surface area (Å²) in [5.74, 6) is 0. The molecule has 0 fully saturated rings. The summed E-state index contributed by atoms with van der Waals surface area (Å²) >= 11 is 0. The van der Waals surface area contributed by atoms with Crippen molar-refractivity contribution in [3.05, 3.63) is 0 Å². The summed E-state index contributed by atoms with van der Waals surface area (Å²) in [5.41, 5.74) is 0. The van der Waals surface area contributed by atoms with Crippen LogP contribution in [0.15, 0.2) is 0 Å². The minimum absolute atomic E-state index is 0. The molecule has 0 heterocycles. The second-order valence-electron chi connectivity index (χ2n) is 1.39. The zero-order valence-corrected chi connectivity index (χ0v) is 7.44. The van der Waals surface area contributed by atoms with Gasteiger partial charge in [0, 0.05) is 13.1 Å². The maximum atomic E-state index is 10.4. The number of amides is 2. The van der Waals surface area contributed by atoms with E-state index in [0.29, 0.717) is 13.1 Å². The van der Waals surface area contributed by atoms with Gasteiger partial charge in [-0.25, -0.2) is 4.79 Å². The number of halogens is 1. The Morgan fingerprint density at radius 1 is 1.22 bits per heavy atom. The van der Waals surface area contributed by atoms with Crippen LogP contribution in [0.5, 0.6) is 0 Å². The molecule has 0 saturated carbocycles. The first-order valence-corrected chi connectivity index (χ1v) is 2.83. The quantitative estimate of drug-likeness (QED) is 0.678. The van der Waals surface area contributed by atoms with Crippen LogP contribution < -0.4 is 10.6 Å². The molecule has 2 N–H and O–H groups in total. The van der Waals surface area contributed by atoms with Crippen molar-refractivity contribution in [2.75, 3.05) is 13.1 Å². The summed E-state index contributed by atoms with van der Waals surface area (Å²) < 4.78 is 0. The van der Waals surface area contributed by atoms with Gasteiger partial charge in [-0.2, -0.15) is 0 Å². The van der Waals surface area contributed by atoms with Crippen molar-refractivity contribution in [2.45, 2.75) is 13.8 Å². The second-order valence-corrected chi connectivity index (χ2v) is 1.39. The number of nitrogens with one attached hydrogen (secondary N) is 2. The van der Waals surface area contributed by atoms with Gasteiger partial charge in [-0.05, 0) is 13.8 Å². The summed E-state index contributed by atoms with van der Waals surface area (Å²) in [6.45, 7) is 5.14. The summed E-state index contributed by atoms with van der Waals surface area (Å²) in [7, 11) is 0. The summed E-state index contributed by atoms with van der Waals surface area (Å²) in [6.07, 6.45) is 0. The lowest BCUT2D eigenvalue weighted by Crippen LogP contribution is -2.34. The van der Waals surface area contributed by atoms with E-state index in [2.05, 4.69) is 10.6 Å². The smallest absolute Gasteiger partial charge is 0.314 e. The van der Waals surface area contributed by atoms with E-state index in [1.807, 2.05) is 13.8 Å². The molecule has 0 aliphatic rings. The monoisotopic (exact) mass is 196 g/mol. The molecule has 0 aliphatic heterocycles. The molecular weight excluding hydrogens is 184 g/mol. The van der Waals surface area contributed by atoms with Crippen molar-refractivity contribution < 1.29 is 4.79 Å². The van der Waals surface area contributed by atoms with Crippen LogP contribution in [0.3, 0.4) is 0 Å². The molecule has 4 heteroatoms. The molecule has 0 radical (unpaired) electrons. The maximum Gasteiger partial charge on any atom is 0.314 e. The molecule has 0 saturated heterocycles. The van der Waals surface area contributed by atoms with E-state index in [1.54, 1.807) is 0 Å². The van der Waals surface area contributed by atoms with Gasteiger partial charge >= 0.3 is 6.03 Å². The lowest BCUT2D eigenvalue weighted by atomic mass is 10.7. The maximum absolute atomic E-state index is 10.4. The Morgan fingerprint density at radius 3 is 1.78 bits per heavy atom. The number of carbonyl (C=O) groups is 1. The number of hydrogen-bond acceptors (Lipinski definition) is 1. The van der Waals surface area contributed by atoms with Crippen LogP contribution in [0.1, 0.15) is 13.8 Å². The standard InChI is InChI=1S/C5H12N2O.BrH/c1-3-6-5(8)7-4-2;/h3-4H2,1-2H3,(H2,6,7,8);1H. The number of hydrogen-bond donors (Lipinski definition) is 2. The van der Waals surface area contributed by atoms with Gasteiger partial charge in [-0.3, -0.25) is 0 Å². The Hall–Kier alpha value is -0.250. The van der Waals surface area contributed by atoms with Crippen molar-refractivity contribution in [3.8, 4) is 0 Å². The predicted octanol–water partition coefficient (Wildman–Crippen LogP) is 0.903. The molecule has 0 aromatic carbocycles. The minimum Gasteiger partial charge on any atom is -0.338 e. The Balaban J connectivity index is 0. The van der Waals surface area contributed by atoms with Gasteiger partial charge < -0.3 is 10.6 Å². The van der Waals surface area contributed by atoms with Crippen LogP contribution in [0.25, 0.3) is 0 Å². The van der Waals surface area contributed by atoms with E-state index in [4.69, 9.17) is 0 Å². The van der Waals surface area contributed by atoms with Crippen molar-refractivity contribution in [3.63, 3.8) is 0 Å². The Morgan fingerprint density at radius 2 is 1.56 bits per heavy atom.